The lowest BCUT2D eigenvalue weighted by Gasteiger charge is -2.38. The Morgan fingerprint density at radius 2 is 2.05 bits per heavy atom. The molecule has 122 valence electrons. The summed E-state index contributed by atoms with van der Waals surface area (Å²) in [7, 11) is 0. The van der Waals surface area contributed by atoms with Gasteiger partial charge >= 0.3 is 6.18 Å². The molecule has 1 atom stereocenters. The van der Waals surface area contributed by atoms with Gasteiger partial charge in [0.15, 0.2) is 5.41 Å². The van der Waals surface area contributed by atoms with Crippen LogP contribution in [-0.2, 0) is 9.53 Å². The van der Waals surface area contributed by atoms with Crippen molar-refractivity contribution in [2.24, 2.45) is 5.41 Å². The third-order valence-corrected chi connectivity index (χ3v) is 4.28. The van der Waals surface area contributed by atoms with E-state index in [2.05, 4.69) is 5.32 Å². The molecule has 2 rings (SSSR count). The van der Waals surface area contributed by atoms with Crippen LogP contribution in [0.15, 0.2) is 0 Å². The van der Waals surface area contributed by atoms with Crippen molar-refractivity contribution in [3.63, 3.8) is 0 Å². The Morgan fingerprint density at radius 1 is 1.38 bits per heavy atom. The van der Waals surface area contributed by atoms with Gasteiger partial charge in [-0.3, -0.25) is 4.79 Å². The van der Waals surface area contributed by atoms with Gasteiger partial charge in [-0.2, -0.15) is 13.2 Å². The number of hydrogen-bond acceptors (Lipinski definition) is 4. The first-order valence-corrected chi connectivity index (χ1v) is 7.20. The number of piperidine rings is 1. The van der Waals surface area contributed by atoms with E-state index < -0.39 is 17.5 Å². The molecule has 0 radical (unpaired) electrons. The Labute approximate surface area is 121 Å². The number of aliphatic hydroxyl groups excluding tert-OH is 1. The molecule has 1 unspecified atom stereocenters. The van der Waals surface area contributed by atoms with Crippen LogP contribution in [0.2, 0.25) is 0 Å². The van der Waals surface area contributed by atoms with Crippen molar-refractivity contribution in [2.75, 3.05) is 39.4 Å². The van der Waals surface area contributed by atoms with Crippen molar-refractivity contribution in [3.8, 4) is 0 Å². The van der Waals surface area contributed by atoms with Crippen LogP contribution in [0.3, 0.4) is 0 Å². The van der Waals surface area contributed by atoms with Crippen LogP contribution in [0.25, 0.3) is 0 Å². The number of rotatable bonds is 4. The number of carbonyl (C=O) groups is 1. The standard InChI is InChI=1S/C13H21F3N2O3/c14-13(15,16)12(3-4-17-9-12)11(20)18-5-1-10(2-6-18)21-8-7-19/h10,17,19H,1-9H2. The average Bonchev–Trinajstić information content (AvgIpc) is 2.95. The van der Waals surface area contributed by atoms with Crippen LogP contribution in [0.5, 0.6) is 0 Å². The highest BCUT2D eigenvalue weighted by atomic mass is 19.4. The van der Waals surface area contributed by atoms with Crippen molar-refractivity contribution in [2.45, 2.75) is 31.5 Å². The first kappa shape index (κ1) is 16.5. The monoisotopic (exact) mass is 310 g/mol. The highest BCUT2D eigenvalue weighted by Gasteiger charge is 2.62. The molecule has 0 aromatic rings. The molecule has 2 N–H and O–H groups in total. The molecule has 0 aliphatic carbocycles. The zero-order chi connectivity index (χ0) is 15.5. The normalized spacial score (nSPS) is 28.1. The van der Waals surface area contributed by atoms with Gasteiger partial charge in [0.05, 0.1) is 19.3 Å². The maximum absolute atomic E-state index is 13.3. The van der Waals surface area contributed by atoms with Crippen molar-refractivity contribution in [3.05, 3.63) is 0 Å². The Morgan fingerprint density at radius 3 is 2.52 bits per heavy atom. The van der Waals surface area contributed by atoms with Gasteiger partial charge in [0.2, 0.25) is 5.91 Å². The van der Waals surface area contributed by atoms with Crippen LogP contribution in [0.1, 0.15) is 19.3 Å². The van der Waals surface area contributed by atoms with E-state index in [-0.39, 0.29) is 51.9 Å². The lowest BCUT2D eigenvalue weighted by atomic mass is 9.84. The van der Waals surface area contributed by atoms with E-state index in [9.17, 15) is 18.0 Å². The lowest BCUT2D eigenvalue weighted by Crippen LogP contribution is -2.55. The number of alkyl halides is 3. The molecular weight excluding hydrogens is 289 g/mol. The summed E-state index contributed by atoms with van der Waals surface area (Å²) in [6.45, 7) is 0.550. The smallest absolute Gasteiger partial charge is 0.394 e. The molecule has 0 spiro atoms. The second-order valence-electron chi connectivity index (χ2n) is 5.59. The second-order valence-corrected chi connectivity index (χ2v) is 5.59. The number of amides is 1. The van der Waals surface area contributed by atoms with Crippen molar-refractivity contribution in [1.29, 1.82) is 0 Å². The van der Waals surface area contributed by atoms with Gasteiger partial charge in [-0.1, -0.05) is 0 Å². The topological polar surface area (TPSA) is 61.8 Å². The third-order valence-electron chi connectivity index (χ3n) is 4.28. The molecule has 2 aliphatic rings. The summed E-state index contributed by atoms with van der Waals surface area (Å²) in [5.41, 5.74) is -2.27. The first-order valence-electron chi connectivity index (χ1n) is 7.20. The highest BCUT2D eigenvalue weighted by molar-refractivity contribution is 5.84. The SMILES string of the molecule is O=C(N1CCC(OCCO)CC1)C1(C(F)(F)F)CCNC1. The quantitative estimate of drug-likeness (QED) is 0.795. The molecule has 5 nitrogen and oxygen atoms in total. The van der Waals surface area contributed by atoms with E-state index in [0.717, 1.165) is 0 Å². The Balaban J connectivity index is 1.97. The summed E-state index contributed by atoms with van der Waals surface area (Å²) in [5.74, 6) is -0.819. The zero-order valence-corrected chi connectivity index (χ0v) is 11.8. The molecule has 0 bridgehead atoms. The predicted octanol–water partition coefficient (Wildman–Crippen LogP) is 0.528. The van der Waals surface area contributed by atoms with Gasteiger partial charge in [0, 0.05) is 19.6 Å². The van der Waals surface area contributed by atoms with Gasteiger partial charge in [0.1, 0.15) is 0 Å². The number of hydrogen-bond donors (Lipinski definition) is 2. The molecule has 0 aromatic carbocycles. The van der Waals surface area contributed by atoms with E-state index in [1.165, 1.54) is 4.90 Å². The highest BCUT2D eigenvalue weighted by Crippen LogP contribution is 2.44. The number of likely N-dealkylation sites (tertiary alicyclic amines) is 1. The molecule has 21 heavy (non-hydrogen) atoms. The van der Waals surface area contributed by atoms with Crippen molar-refractivity contribution in [1.82, 2.24) is 10.2 Å². The lowest BCUT2D eigenvalue weighted by molar-refractivity contribution is -0.222. The Bertz CT molecular complexity index is 362. The van der Waals surface area contributed by atoms with E-state index in [1.54, 1.807) is 0 Å². The van der Waals surface area contributed by atoms with Crippen LogP contribution >= 0.6 is 0 Å². The van der Waals surface area contributed by atoms with Crippen molar-refractivity contribution < 1.29 is 27.8 Å². The van der Waals surface area contributed by atoms with Crippen LogP contribution < -0.4 is 5.32 Å². The number of ether oxygens (including phenoxy) is 1. The second kappa shape index (κ2) is 6.50. The largest absolute Gasteiger partial charge is 0.404 e. The zero-order valence-electron chi connectivity index (χ0n) is 11.8. The van der Waals surface area contributed by atoms with Gasteiger partial charge in [-0.25, -0.2) is 0 Å². The van der Waals surface area contributed by atoms with Gasteiger partial charge < -0.3 is 20.1 Å². The number of nitrogens with zero attached hydrogens (tertiary/aromatic N) is 1. The number of nitrogens with one attached hydrogen (secondary N) is 1. The maximum Gasteiger partial charge on any atom is 0.404 e. The number of carbonyl (C=O) groups excluding carboxylic acids is 1. The molecule has 2 aliphatic heterocycles. The average molecular weight is 310 g/mol. The summed E-state index contributed by atoms with van der Waals surface area (Å²) >= 11 is 0. The van der Waals surface area contributed by atoms with Gasteiger partial charge in [-0.15, -0.1) is 0 Å². The number of halogens is 3. The fourth-order valence-corrected chi connectivity index (χ4v) is 2.99. The minimum Gasteiger partial charge on any atom is -0.394 e. The van der Waals surface area contributed by atoms with Gasteiger partial charge in [0.25, 0.3) is 0 Å². The molecular formula is C13H21F3N2O3. The van der Waals surface area contributed by atoms with Crippen LogP contribution in [-0.4, -0.2) is 67.6 Å². The summed E-state index contributed by atoms with van der Waals surface area (Å²) in [4.78, 5) is 13.7. The van der Waals surface area contributed by atoms with Crippen LogP contribution in [0, 0.1) is 5.41 Å². The van der Waals surface area contributed by atoms with E-state index in [0.29, 0.717) is 12.8 Å². The van der Waals surface area contributed by atoms with E-state index in [1.807, 2.05) is 0 Å². The minimum absolute atomic E-state index is 0.0814. The van der Waals surface area contributed by atoms with E-state index in [4.69, 9.17) is 9.84 Å². The maximum atomic E-state index is 13.3. The predicted molar refractivity (Wildman–Crippen MR) is 68.6 cm³/mol. The summed E-state index contributed by atoms with van der Waals surface area (Å²) in [6.07, 6.45) is -3.81. The first-order chi connectivity index (χ1) is 9.90. The van der Waals surface area contributed by atoms with E-state index >= 15 is 0 Å². The molecule has 0 saturated carbocycles. The molecule has 8 heteroatoms. The Kier molecular flexibility index (Phi) is 5.11. The molecule has 2 saturated heterocycles. The minimum atomic E-state index is -4.53. The fourth-order valence-electron chi connectivity index (χ4n) is 2.99. The Hall–Kier alpha value is -0.860. The molecule has 2 fully saturated rings. The number of aliphatic hydroxyl groups is 1. The van der Waals surface area contributed by atoms with Gasteiger partial charge in [-0.05, 0) is 25.8 Å². The molecule has 2 heterocycles. The third kappa shape index (κ3) is 3.32. The molecule has 1 amide bonds. The summed E-state index contributed by atoms with van der Waals surface area (Å²) < 4.78 is 45.3. The summed E-state index contributed by atoms with van der Waals surface area (Å²) in [5, 5.41) is 11.3. The van der Waals surface area contributed by atoms with Crippen molar-refractivity contribution >= 4 is 5.91 Å². The molecule has 0 aromatic heterocycles. The fraction of sp³-hybridized carbons (Fsp3) is 0.923. The summed E-state index contributed by atoms with van der Waals surface area (Å²) in [6, 6.07) is 0. The van der Waals surface area contributed by atoms with Crippen LogP contribution in [0.4, 0.5) is 13.2 Å².